The number of amides is 1. The van der Waals surface area contributed by atoms with Crippen LogP contribution in [-0.2, 0) is 0 Å². The van der Waals surface area contributed by atoms with Crippen molar-refractivity contribution in [1.29, 1.82) is 0 Å². The van der Waals surface area contributed by atoms with E-state index in [1.165, 1.54) is 25.1 Å². The number of carbonyl (C=O) groups is 1. The Kier molecular flexibility index (Phi) is 4.99. The molecule has 0 spiro atoms. The van der Waals surface area contributed by atoms with E-state index < -0.39 is 0 Å². The molecule has 1 aliphatic rings. The minimum atomic E-state index is 0.000880. The van der Waals surface area contributed by atoms with Gasteiger partial charge in [0.15, 0.2) is 0 Å². The Bertz CT molecular complexity index is 454. The van der Waals surface area contributed by atoms with Crippen molar-refractivity contribution in [3.05, 3.63) is 24.0 Å². The average Bonchev–Trinajstić information content (AvgIpc) is 2.92. The van der Waals surface area contributed by atoms with Crippen LogP contribution in [0.5, 0.6) is 5.75 Å². The van der Waals surface area contributed by atoms with Crippen LogP contribution in [0, 0.1) is 5.92 Å². The molecule has 110 valence electrons. The van der Waals surface area contributed by atoms with E-state index in [2.05, 4.69) is 18.8 Å². The lowest BCUT2D eigenvalue weighted by atomic mass is 10.1. The van der Waals surface area contributed by atoms with E-state index in [0.717, 1.165) is 25.8 Å². The second-order valence-electron chi connectivity index (χ2n) is 6.05. The molecule has 1 aromatic rings. The summed E-state index contributed by atoms with van der Waals surface area (Å²) >= 11 is 0. The Morgan fingerprint density at radius 3 is 2.70 bits per heavy atom. The van der Waals surface area contributed by atoms with Gasteiger partial charge in [0.25, 0.3) is 5.91 Å². The number of hydrogen-bond acceptors (Lipinski definition) is 3. The highest BCUT2D eigenvalue weighted by atomic mass is 16.3. The smallest absolute Gasteiger partial charge is 0.255 e. The summed E-state index contributed by atoms with van der Waals surface area (Å²) in [5.41, 5.74) is 0.487. The normalized spacial score (nSPS) is 15.8. The monoisotopic (exact) mass is 276 g/mol. The number of aromatic hydroxyl groups is 1. The molecule has 1 amide bonds. The van der Waals surface area contributed by atoms with Gasteiger partial charge < -0.3 is 10.0 Å². The first-order valence-corrected chi connectivity index (χ1v) is 7.53. The summed E-state index contributed by atoms with van der Waals surface area (Å²) in [6, 6.07) is 1.86. The summed E-state index contributed by atoms with van der Waals surface area (Å²) in [5, 5.41) is 9.49. The summed E-state index contributed by atoms with van der Waals surface area (Å²) in [6.07, 6.45) is 8.49. The zero-order chi connectivity index (χ0) is 14.5. The van der Waals surface area contributed by atoms with Gasteiger partial charge in [0.05, 0.1) is 11.8 Å². The molecule has 0 saturated heterocycles. The third kappa shape index (κ3) is 3.71. The molecule has 0 aliphatic heterocycles. The SMILES string of the molecule is CC(C)CCN(C(=O)c1cncc(O)c1)C1CCCC1. The largest absolute Gasteiger partial charge is 0.506 e. The number of rotatable bonds is 5. The highest BCUT2D eigenvalue weighted by Gasteiger charge is 2.27. The summed E-state index contributed by atoms with van der Waals surface area (Å²) < 4.78 is 0. The Hall–Kier alpha value is -1.58. The van der Waals surface area contributed by atoms with Crippen molar-refractivity contribution < 1.29 is 9.90 Å². The maximum atomic E-state index is 12.7. The van der Waals surface area contributed by atoms with Crippen molar-refractivity contribution in [2.75, 3.05) is 6.54 Å². The molecule has 1 aliphatic carbocycles. The van der Waals surface area contributed by atoms with Crippen LogP contribution < -0.4 is 0 Å². The second kappa shape index (κ2) is 6.73. The summed E-state index contributed by atoms with van der Waals surface area (Å²) in [6.45, 7) is 5.14. The standard InChI is InChI=1S/C16H24N2O2/c1-12(2)7-8-18(14-5-3-4-6-14)16(20)13-9-15(19)11-17-10-13/h9-12,14,19H,3-8H2,1-2H3. The Balaban J connectivity index is 2.14. The molecule has 1 saturated carbocycles. The third-order valence-electron chi connectivity index (χ3n) is 3.94. The lowest BCUT2D eigenvalue weighted by Gasteiger charge is -2.29. The van der Waals surface area contributed by atoms with Gasteiger partial charge in [-0.05, 0) is 31.2 Å². The summed E-state index contributed by atoms with van der Waals surface area (Å²) in [4.78, 5) is 18.6. The lowest BCUT2D eigenvalue weighted by Crippen LogP contribution is -2.40. The van der Waals surface area contributed by atoms with Crippen LogP contribution in [0.3, 0.4) is 0 Å². The highest BCUT2D eigenvalue weighted by molar-refractivity contribution is 5.94. The molecule has 4 heteroatoms. The maximum absolute atomic E-state index is 12.7. The van der Waals surface area contributed by atoms with Gasteiger partial charge in [0, 0.05) is 18.8 Å². The molecule has 1 aromatic heterocycles. The van der Waals surface area contributed by atoms with Gasteiger partial charge in [-0.1, -0.05) is 26.7 Å². The first-order valence-electron chi connectivity index (χ1n) is 7.53. The molecule has 0 aromatic carbocycles. The average molecular weight is 276 g/mol. The highest BCUT2D eigenvalue weighted by Crippen LogP contribution is 2.26. The van der Waals surface area contributed by atoms with Crippen molar-refractivity contribution in [1.82, 2.24) is 9.88 Å². The number of nitrogens with zero attached hydrogens (tertiary/aromatic N) is 2. The molecular formula is C16H24N2O2. The van der Waals surface area contributed by atoms with Gasteiger partial charge >= 0.3 is 0 Å². The van der Waals surface area contributed by atoms with E-state index in [1.54, 1.807) is 6.20 Å². The van der Waals surface area contributed by atoms with Gasteiger partial charge in [-0.3, -0.25) is 9.78 Å². The van der Waals surface area contributed by atoms with Gasteiger partial charge in [0.2, 0.25) is 0 Å². The van der Waals surface area contributed by atoms with Crippen molar-refractivity contribution >= 4 is 5.91 Å². The van der Waals surface area contributed by atoms with E-state index in [9.17, 15) is 9.90 Å². The van der Waals surface area contributed by atoms with Crippen molar-refractivity contribution in [2.45, 2.75) is 52.0 Å². The van der Waals surface area contributed by atoms with Crippen LogP contribution in [0.2, 0.25) is 0 Å². The molecule has 0 bridgehead atoms. The third-order valence-corrected chi connectivity index (χ3v) is 3.94. The van der Waals surface area contributed by atoms with Gasteiger partial charge in [-0.25, -0.2) is 0 Å². The predicted octanol–water partition coefficient (Wildman–Crippen LogP) is 3.22. The van der Waals surface area contributed by atoms with Crippen LogP contribution in [0.4, 0.5) is 0 Å². The molecule has 1 fully saturated rings. The zero-order valence-corrected chi connectivity index (χ0v) is 12.4. The fourth-order valence-electron chi connectivity index (χ4n) is 2.77. The Morgan fingerprint density at radius 2 is 2.10 bits per heavy atom. The fourth-order valence-corrected chi connectivity index (χ4v) is 2.77. The number of hydrogen-bond donors (Lipinski definition) is 1. The van der Waals surface area contributed by atoms with Crippen molar-refractivity contribution in [3.8, 4) is 5.75 Å². The molecule has 1 heterocycles. The van der Waals surface area contributed by atoms with Gasteiger partial charge in [-0.15, -0.1) is 0 Å². The zero-order valence-electron chi connectivity index (χ0n) is 12.4. The fraction of sp³-hybridized carbons (Fsp3) is 0.625. The molecule has 0 radical (unpaired) electrons. The minimum Gasteiger partial charge on any atom is -0.506 e. The topological polar surface area (TPSA) is 53.4 Å². The number of pyridine rings is 1. The first kappa shape index (κ1) is 14.8. The predicted molar refractivity (Wildman–Crippen MR) is 78.6 cm³/mol. The van der Waals surface area contributed by atoms with Crippen LogP contribution in [0.1, 0.15) is 56.3 Å². The van der Waals surface area contributed by atoms with Crippen LogP contribution in [0.25, 0.3) is 0 Å². The molecular weight excluding hydrogens is 252 g/mol. The van der Waals surface area contributed by atoms with Crippen LogP contribution in [-0.4, -0.2) is 33.5 Å². The quantitative estimate of drug-likeness (QED) is 0.898. The van der Waals surface area contributed by atoms with Crippen LogP contribution >= 0.6 is 0 Å². The molecule has 2 rings (SSSR count). The van der Waals surface area contributed by atoms with Gasteiger partial charge in [0.1, 0.15) is 5.75 Å². The molecule has 1 N–H and O–H groups in total. The molecule has 4 nitrogen and oxygen atoms in total. The maximum Gasteiger partial charge on any atom is 0.255 e. The second-order valence-corrected chi connectivity index (χ2v) is 6.05. The van der Waals surface area contributed by atoms with Gasteiger partial charge in [-0.2, -0.15) is 0 Å². The molecule has 20 heavy (non-hydrogen) atoms. The van der Waals surface area contributed by atoms with E-state index in [-0.39, 0.29) is 11.7 Å². The number of carbonyl (C=O) groups excluding carboxylic acids is 1. The molecule has 0 unspecified atom stereocenters. The van der Waals surface area contributed by atoms with E-state index in [0.29, 0.717) is 17.5 Å². The van der Waals surface area contributed by atoms with E-state index in [1.807, 2.05) is 4.90 Å². The first-order chi connectivity index (χ1) is 9.58. The van der Waals surface area contributed by atoms with E-state index >= 15 is 0 Å². The Labute approximate surface area is 120 Å². The minimum absolute atomic E-state index is 0.000880. The van der Waals surface area contributed by atoms with E-state index in [4.69, 9.17) is 0 Å². The number of aromatic nitrogens is 1. The van der Waals surface area contributed by atoms with Crippen LogP contribution in [0.15, 0.2) is 18.5 Å². The summed E-state index contributed by atoms with van der Waals surface area (Å²) in [5.74, 6) is 0.626. The van der Waals surface area contributed by atoms with Crippen molar-refractivity contribution in [3.63, 3.8) is 0 Å². The lowest BCUT2D eigenvalue weighted by molar-refractivity contribution is 0.0671. The summed E-state index contributed by atoms with van der Waals surface area (Å²) in [7, 11) is 0. The van der Waals surface area contributed by atoms with Crippen molar-refractivity contribution in [2.24, 2.45) is 5.92 Å². The molecule has 0 atom stereocenters. The Morgan fingerprint density at radius 1 is 1.40 bits per heavy atom.